The molecule has 2 amide bonds. The lowest BCUT2D eigenvalue weighted by molar-refractivity contribution is -0.178. The summed E-state index contributed by atoms with van der Waals surface area (Å²) in [5.74, 6) is -4.25. The molecule has 0 saturated carbocycles. The lowest BCUT2D eigenvalue weighted by Crippen LogP contribution is -2.52. The minimum absolute atomic E-state index is 0.0332. The fraction of sp³-hybridized carbons (Fsp3) is 0.476. The third-order valence-corrected chi connectivity index (χ3v) is 4.75. The molecule has 178 valence electrons. The number of amides is 2. The van der Waals surface area contributed by atoms with Crippen molar-refractivity contribution in [3.8, 4) is 0 Å². The van der Waals surface area contributed by atoms with Gasteiger partial charge in [-0.2, -0.15) is 13.2 Å². The van der Waals surface area contributed by atoms with Crippen molar-refractivity contribution in [2.45, 2.75) is 39.4 Å². The molecule has 1 aromatic carbocycles. The highest BCUT2D eigenvalue weighted by atomic mass is 35.5. The van der Waals surface area contributed by atoms with Gasteiger partial charge in [0.25, 0.3) is 0 Å². The number of esters is 1. The summed E-state index contributed by atoms with van der Waals surface area (Å²) in [5, 5.41) is 4.31. The summed E-state index contributed by atoms with van der Waals surface area (Å²) >= 11 is 6.09. The van der Waals surface area contributed by atoms with Crippen molar-refractivity contribution in [3.63, 3.8) is 0 Å². The molecule has 0 aliphatic carbocycles. The minimum atomic E-state index is -4.77. The normalized spacial score (nSPS) is 14.0. The van der Waals surface area contributed by atoms with E-state index in [9.17, 15) is 27.6 Å². The largest absolute Gasteiger partial charge is 0.466 e. The van der Waals surface area contributed by atoms with Crippen molar-refractivity contribution in [3.05, 3.63) is 41.4 Å². The van der Waals surface area contributed by atoms with E-state index < -0.39 is 42.0 Å². The molecular weight excluding hydrogens is 453 g/mol. The highest BCUT2D eigenvalue weighted by Gasteiger charge is 2.45. The number of anilines is 1. The maximum atomic E-state index is 13.3. The molecule has 0 aliphatic heterocycles. The Labute approximate surface area is 189 Å². The van der Waals surface area contributed by atoms with Crippen molar-refractivity contribution in [1.29, 1.82) is 0 Å². The lowest BCUT2D eigenvalue weighted by atomic mass is 9.99. The molecule has 0 fully saturated rings. The van der Waals surface area contributed by atoms with Crippen LogP contribution in [0.4, 0.5) is 23.7 Å². The third-order valence-electron chi connectivity index (χ3n) is 4.42. The van der Waals surface area contributed by atoms with Crippen molar-refractivity contribution in [1.82, 2.24) is 5.32 Å². The molecule has 0 radical (unpaired) electrons. The molecule has 1 aromatic rings. The Kier molecular flexibility index (Phi) is 10.5. The first-order valence-electron chi connectivity index (χ1n) is 9.77. The predicted octanol–water partition coefficient (Wildman–Crippen LogP) is 4.50. The zero-order chi connectivity index (χ0) is 24.5. The van der Waals surface area contributed by atoms with Gasteiger partial charge in [0.1, 0.15) is 12.6 Å². The highest BCUT2D eigenvalue weighted by molar-refractivity contribution is 6.33. The molecule has 0 aromatic heterocycles. The zero-order valence-electron chi connectivity index (χ0n) is 17.9. The van der Waals surface area contributed by atoms with E-state index in [0.717, 1.165) is 6.92 Å². The van der Waals surface area contributed by atoms with Gasteiger partial charge in [0.2, 0.25) is 5.91 Å². The van der Waals surface area contributed by atoms with Crippen LogP contribution in [0.5, 0.6) is 0 Å². The molecule has 3 unspecified atom stereocenters. The number of carbonyl (C=O) groups excluding carboxylic acids is 3. The molecule has 11 heteroatoms. The van der Waals surface area contributed by atoms with Crippen LogP contribution < -0.4 is 10.6 Å². The van der Waals surface area contributed by atoms with Gasteiger partial charge in [-0.1, -0.05) is 44.2 Å². The van der Waals surface area contributed by atoms with E-state index in [4.69, 9.17) is 16.3 Å². The van der Waals surface area contributed by atoms with Gasteiger partial charge in [0.15, 0.2) is 0 Å². The third kappa shape index (κ3) is 8.41. The Hall–Kier alpha value is -2.75. The van der Waals surface area contributed by atoms with Crippen molar-refractivity contribution >= 4 is 35.3 Å². The van der Waals surface area contributed by atoms with Gasteiger partial charge >= 0.3 is 18.2 Å². The number of ether oxygens (including phenoxy) is 2. The molecule has 2 N–H and O–H groups in total. The van der Waals surface area contributed by atoms with Crippen molar-refractivity contribution in [2.24, 2.45) is 11.8 Å². The lowest BCUT2D eigenvalue weighted by Gasteiger charge is -2.26. The second-order valence-electron chi connectivity index (χ2n) is 7.00. The Morgan fingerprint density at radius 2 is 1.88 bits per heavy atom. The summed E-state index contributed by atoms with van der Waals surface area (Å²) in [6, 6.07) is 2.53. The van der Waals surface area contributed by atoms with Crippen molar-refractivity contribution in [2.75, 3.05) is 18.5 Å². The van der Waals surface area contributed by atoms with Crippen LogP contribution in [-0.4, -0.2) is 43.4 Å². The second-order valence-corrected chi connectivity index (χ2v) is 7.41. The van der Waals surface area contributed by atoms with Crippen LogP contribution in [-0.2, 0) is 25.5 Å². The van der Waals surface area contributed by atoms with E-state index in [-0.39, 0.29) is 30.3 Å². The average Bonchev–Trinajstić information content (AvgIpc) is 2.71. The minimum Gasteiger partial charge on any atom is -0.466 e. The standard InChI is InChI=1S/C21H26ClF3N2O5/c1-5-9-32-20(30)27-17(13(4)21(23,24)25)18(28)26-16-11-14(7-8-15(16)22)10-12(3)19(29)31-6-2/h5,7-8,11-13,17H,1,6,9-10H2,2-4H3,(H,26,28)(H,27,30). The van der Waals surface area contributed by atoms with Gasteiger partial charge in [-0.25, -0.2) is 4.79 Å². The summed E-state index contributed by atoms with van der Waals surface area (Å²) in [4.78, 5) is 36.2. The molecule has 0 heterocycles. The first-order chi connectivity index (χ1) is 14.9. The first kappa shape index (κ1) is 27.3. The number of alkyl carbamates (subject to hydrolysis) is 1. The monoisotopic (exact) mass is 478 g/mol. The summed E-state index contributed by atoms with van der Waals surface area (Å²) in [6.45, 7) is 7.41. The van der Waals surface area contributed by atoms with Crippen LogP contribution in [0.2, 0.25) is 5.02 Å². The molecule has 0 bridgehead atoms. The predicted molar refractivity (Wildman–Crippen MR) is 113 cm³/mol. The molecule has 3 atom stereocenters. The maximum Gasteiger partial charge on any atom is 0.408 e. The number of carbonyl (C=O) groups is 3. The van der Waals surface area contributed by atoms with E-state index in [2.05, 4.69) is 16.6 Å². The highest BCUT2D eigenvalue weighted by Crippen LogP contribution is 2.30. The van der Waals surface area contributed by atoms with E-state index in [1.807, 2.05) is 5.32 Å². The number of hydrogen-bond acceptors (Lipinski definition) is 5. The molecule has 1 rings (SSSR count). The Bertz CT molecular complexity index is 832. The Balaban J connectivity index is 3.06. The smallest absolute Gasteiger partial charge is 0.408 e. The van der Waals surface area contributed by atoms with E-state index in [1.54, 1.807) is 19.9 Å². The van der Waals surface area contributed by atoms with Crippen LogP contribution in [0, 0.1) is 11.8 Å². The summed E-state index contributed by atoms with van der Waals surface area (Å²) < 4.78 is 49.4. The number of benzene rings is 1. The number of alkyl halides is 3. The summed E-state index contributed by atoms with van der Waals surface area (Å²) in [7, 11) is 0. The van der Waals surface area contributed by atoms with Gasteiger partial charge in [-0.3, -0.25) is 9.59 Å². The Morgan fingerprint density at radius 3 is 2.44 bits per heavy atom. The van der Waals surface area contributed by atoms with Gasteiger partial charge in [0, 0.05) is 0 Å². The number of hydrogen-bond donors (Lipinski definition) is 2. The fourth-order valence-corrected chi connectivity index (χ4v) is 2.80. The van der Waals surface area contributed by atoms with Crippen LogP contribution in [0.15, 0.2) is 30.9 Å². The van der Waals surface area contributed by atoms with Crippen LogP contribution >= 0.6 is 11.6 Å². The number of nitrogens with one attached hydrogen (secondary N) is 2. The molecule has 0 spiro atoms. The molecule has 0 saturated heterocycles. The van der Waals surface area contributed by atoms with Gasteiger partial charge < -0.3 is 20.1 Å². The Morgan fingerprint density at radius 1 is 1.22 bits per heavy atom. The van der Waals surface area contributed by atoms with E-state index >= 15 is 0 Å². The van der Waals surface area contributed by atoms with Gasteiger partial charge in [-0.15, -0.1) is 0 Å². The van der Waals surface area contributed by atoms with Crippen LogP contribution in [0.3, 0.4) is 0 Å². The van der Waals surface area contributed by atoms with Gasteiger partial charge in [0.05, 0.1) is 29.2 Å². The number of halogens is 4. The maximum absolute atomic E-state index is 13.3. The quantitative estimate of drug-likeness (QED) is 0.381. The van der Waals surface area contributed by atoms with Crippen LogP contribution in [0.1, 0.15) is 26.3 Å². The SMILES string of the molecule is C=CCOC(=O)NC(C(=O)Nc1cc(CC(C)C(=O)OCC)ccc1Cl)C(C)C(F)(F)F. The topological polar surface area (TPSA) is 93.7 Å². The molecular formula is C21H26ClF3N2O5. The first-order valence-corrected chi connectivity index (χ1v) is 10.1. The molecule has 0 aliphatic rings. The number of rotatable bonds is 10. The molecule has 32 heavy (non-hydrogen) atoms. The fourth-order valence-electron chi connectivity index (χ4n) is 2.64. The second kappa shape index (κ2) is 12.3. The average molecular weight is 479 g/mol. The van der Waals surface area contributed by atoms with E-state index in [1.165, 1.54) is 18.2 Å². The van der Waals surface area contributed by atoms with E-state index in [0.29, 0.717) is 5.56 Å². The van der Waals surface area contributed by atoms with Gasteiger partial charge in [-0.05, 0) is 31.0 Å². The zero-order valence-corrected chi connectivity index (χ0v) is 18.7. The summed E-state index contributed by atoms with van der Waals surface area (Å²) in [6.07, 6.45) is -4.49. The summed E-state index contributed by atoms with van der Waals surface area (Å²) in [5.41, 5.74) is 0.634. The van der Waals surface area contributed by atoms with Crippen LogP contribution in [0.25, 0.3) is 0 Å². The molecule has 7 nitrogen and oxygen atoms in total. The van der Waals surface area contributed by atoms with Crippen molar-refractivity contribution < 1.29 is 37.0 Å².